The van der Waals surface area contributed by atoms with Gasteiger partial charge in [0.05, 0.1) is 11.0 Å². The Hall–Kier alpha value is -1.63. The fourth-order valence-electron chi connectivity index (χ4n) is 4.03. The molecule has 4 rings (SSSR count). The first-order chi connectivity index (χ1) is 11.0. The van der Waals surface area contributed by atoms with E-state index in [4.69, 9.17) is 0 Å². The number of aryl methyl sites for hydroxylation is 2. The highest BCUT2D eigenvalue weighted by Crippen LogP contribution is 2.33. The lowest BCUT2D eigenvalue weighted by Gasteiger charge is -2.19. The van der Waals surface area contributed by atoms with E-state index in [-0.39, 0.29) is 23.0 Å². The number of hydrogen-bond acceptors (Lipinski definition) is 4. The summed E-state index contributed by atoms with van der Waals surface area (Å²) in [5, 5.41) is 2.46. The van der Waals surface area contributed by atoms with Gasteiger partial charge in [-0.15, -0.1) is 0 Å². The Kier molecular flexibility index (Phi) is 3.55. The summed E-state index contributed by atoms with van der Waals surface area (Å²) < 4.78 is 23.9. The van der Waals surface area contributed by atoms with Crippen molar-refractivity contribution in [2.45, 2.75) is 37.4 Å². The van der Waals surface area contributed by atoms with Crippen LogP contribution in [0.1, 0.15) is 30.4 Å². The van der Waals surface area contributed by atoms with E-state index in [1.807, 2.05) is 12.3 Å². The van der Waals surface area contributed by atoms with Crippen molar-refractivity contribution in [3.8, 4) is 0 Å². The lowest BCUT2D eigenvalue weighted by Crippen LogP contribution is -2.35. The van der Waals surface area contributed by atoms with Crippen LogP contribution in [0.3, 0.4) is 0 Å². The van der Waals surface area contributed by atoms with Crippen molar-refractivity contribution < 1.29 is 13.2 Å². The van der Waals surface area contributed by atoms with E-state index in [0.717, 1.165) is 12.8 Å². The van der Waals surface area contributed by atoms with Gasteiger partial charge in [-0.1, -0.05) is 0 Å². The Morgan fingerprint density at radius 1 is 1.22 bits per heavy atom. The average Bonchev–Trinajstić information content (AvgIpc) is 3.08. The van der Waals surface area contributed by atoms with E-state index < -0.39 is 9.84 Å². The fraction of sp³-hybridized carbons (Fsp3) is 0.625. The Bertz CT molecular complexity index is 747. The zero-order valence-corrected chi connectivity index (χ0v) is 13.8. The molecule has 2 atom stereocenters. The zero-order chi connectivity index (χ0) is 16.0. The molecular weight excluding hydrogens is 314 g/mol. The van der Waals surface area contributed by atoms with Gasteiger partial charge in [-0.25, -0.2) is 18.2 Å². The van der Waals surface area contributed by atoms with Gasteiger partial charge in [-0.05, 0) is 55.2 Å². The third kappa shape index (κ3) is 2.71. The second-order valence-corrected chi connectivity index (χ2v) is 9.17. The molecule has 6 nitrogen and oxygen atoms in total. The monoisotopic (exact) mass is 335 g/mol. The van der Waals surface area contributed by atoms with Crippen molar-refractivity contribution in [2.75, 3.05) is 24.2 Å². The molecule has 3 aliphatic rings. The molecule has 124 valence electrons. The number of fused-ring (bicyclic) bond motifs is 2. The molecule has 1 aromatic rings. The van der Waals surface area contributed by atoms with Crippen LogP contribution >= 0.6 is 0 Å². The molecule has 2 aliphatic heterocycles. The number of urea groups is 1. The topological polar surface area (TPSA) is 79.4 Å². The number of nitrogens with zero attached hydrogens (tertiary/aromatic N) is 2. The molecule has 23 heavy (non-hydrogen) atoms. The number of hydrogen-bond donors (Lipinski definition) is 1. The molecule has 1 N–H and O–H groups in total. The van der Waals surface area contributed by atoms with Crippen LogP contribution in [0.4, 0.5) is 10.6 Å². The van der Waals surface area contributed by atoms with Gasteiger partial charge >= 0.3 is 6.03 Å². The number of nitrogens with one attached hydrogen (secondary N) is 1. The molecule has 0 spiro atoms. The minimum absolute atomic E-state index is 0.0993. The number of carbonyl (C=O) groups is 1. The van der Waals surface area contributed by atoms with Crippen molar-refractivity contribution in [2.24, 2.45) is 5.92 Å². The largest absolute Gasteiger partial charge is 0.323 e. The summed E-state index contributed by atoms with van der Waals surface area (Å²) in [5.41, 5.74) is 2.54. The standard InChI is InChI=1S/C16H21N3O3S/c20-16(19-9-13-5-6-23(21,22)14(13)10-19)18-15-7-11-3-1-2-4-12(11)8-17-15/h7-8,13-14H,1-6,9-10H2,(H,17,18,20)/t13-,14+/m0/s1. The first-order valence-electron chi connectivity index (χ1n) is 8.28. The highest BCUT2D eigenvalue weighted by atomic mass is 32.2. The van der Waals surface area contributed by atoms with E-state index in [0.29, 0.717) is 25.3 Å². The number of amides is 2. The number of rotatable bonds is 1. The van der Waals surface area contributed by atoms with Crippen LogP contribution in [0.25, 0.3) is 0 Å². The molecule has 2 fully saturated rings. The van der Waals surface area contributed by atoms with E-state index in [2.05, 4.69) is 10.3 Å². The van der Waals surface area contributed by atoms with Gasteiger partial charge in [0, 0.05) is 19.3 Å². The minimum Gasteiger partial charge on any atom is -0.323 e. The third-order valence-electron chi connectivity index (χ3n) is 5.36. The van der Waals surface area contributed by atoms with Gasteiger partial charge in [0.15, 0.2) is 9.84 Å². The van der Waals surface area contributed by atoms with Gasteiger partial charge in [0.25, 0.3) is 0 Å². The molecule has 7 heteroatoms. The van der Waals surface area contributed by atoms with E-state index in [1.54, 1.807) is 4.90 Å². The number of anilines is 1. The number of carbonyl (C=O) groups excluding carboxylic acids is 1. The summed E-state index contributed by atoms with van der Waals surface area (Å²) in [6.45, 7) is 0.838. The molecule has 0 saturated carbocycles. The van der Waals surface area contributed by atoms with Gasteiger partial charge < -0.3 is 4.90 Å². The first kappa shape index (κ1) is 14.9. The molecule has 2 saturated heterocycles. The Morgan fingerprint density at radius 2 is 2.00 bits per heavy atom. The summed E-state index contributed by atoms with van der Waals surface area (Å²) in [7, 11) is -3.01. The van der Waals surface area contributed by atoms with Gasteiger partial charge in [-0.3, -0.25) is 5.32 Å². The first-order valence-corrected chi connectivity index (χ1v) is 10.00. The molecular formula is C16H21N3O3S. The van der Waals surface area contributed by atoms with E-state index in [1.165, 1.54) is 24.0 Å². The lowest BCUT2D eigenvalue weighted by atomic mass is 9.93. The second kappa shape index (κ2) is 5.47. The maximum atomic E-state index is 12.4. The molecule has 2 amide bonds. The summed E-state index contributed by atoms with van der Waals surface area (Å²) in [6, 6.07) is 1.72. The summed E-state index contributed by atoms with van der Waals surface area (Å²) in [5.74, 6) is 0.933. The third-order valence-corrected chi connectivity index (χ3v) is 7.62. The minimum atomic E-state index is -3.01. The van der Waals surface area contributed by atoms with Crippen molar-refractivity contribution in [3.63, 3.8) is 0 Å². The molecule has 0 unspecified atom stereocenters. The number of likely N-dealkylation sites (tertiary alicyclic amines) is 1. The molecule has 1 aromatic heterocycles. The van der Waals surface area contributed by atoms with Gasteiger partial charge in [0.1, 0.15) is 5.82 Å². The Balaban J connectivity index is 1.45. The smallest absolute Gasteiger partial charge is 0.323 e. The zero-order valence-electron chi connectivity index (χ0n) is 13.0. The van der Waals surface area contributed by atoms with Crippen LogP contribution in [0.5, 0.6) is 0 Å². The van der Waals surface area contributed by atoms with Crippen molar-refractivity contribution >= 4 is 21.7 Å². The maximum absolute atomic E-state index is 12.4. The fourth-order valence-corrected chi connectivity index (χ4v) is 6.18. The van der Waals surface area contributed by atoms with Crippen LogP contribution in [-0.4, -0.2) is 48.4 Å². The number of aromatic nitrogens is 1. The SMILES string of the molecule is O=C(Nc1cc2c(cn1)CCCC2)N1C[C@@H]2CCS(=O)(=O)[C@@H]2C1. The van der Waals surface area contributed by atoms with Gasteiger partial charge in [0.2, 0.25) is 0 Å². The predicted molar refractivity (Wildman–Crippen MR) is 87.2 cm³/mol. The summed E-state index contributed by atoms with van der Waals surface area (Å²) in [4.78, 5) is 18.4. The summed E-state index contributed by atoms with van der Waals surface area (Å²) in [6.07, 6.45) is 7.00. The van der Waals surface area contributed by atoms with Crippen molar-refractivity contribution in [1.82, 2.24) is 9.88 Å². The lowest BCUT2D eigenvalue weighted by molar-refractivity contribution is 0.220. The van der Waals surface area contributed by atoms with Gasteiger partial charge in [-0.2, -0.15) is 0 Å². The molecule has 1 aliphatic carbocycles. The second-order valence-electron chi connectivity index (χ2n) is 6.83. The van der Waals surface area contributed by atoms with Crippen LogP contribution in [0, 0.1) is 5.92 Å². The molecule has 0 aromatic carbocycles. The van der Waals surface area contributed by atoms with E-state index in [9.17, 15) is 13.2 Å². The normalized spacial score (nSPS) is 28.3. The van der Waals surface area contributed by atoms with Crippen LogP contribution in [0.2, 0.25) is 0 Å². The van der Waals surface area contributed by atoms with Crippen molar-refractivity contribution in [3.05, 3.63) is 23.4 Å². The van der Waals surface area contributed by atoms with Crippen LogP contribution in [-0.2, 0) is 22.7 Å². The Labute approximate surface area is 136 Å². The number of pyridine rings is 1. The quantitative estimate of drug-likeness (QED) is 0.845. The molecule has 0 radical (unpaired) electrons. The number of sulfone groups is 1. The highest BCUT2D eigenvalue weighted by molar-refractivity contribution is 7.92. The van der Waals surface area contributed by atoms with E-state index >= 15 is 0 Å². The average molecular weight is 335 g/mol. The molecule has 0 bridgehead atoms. The predicted octanol–water partition coefficient (Wildman–Crippen LogP) is 1.61. The summed E-state index contributed by atoms with van der Waals surface area (Å²) >= 11 is 0. The maximum Gasteiger partial charge on any atom is 0.323 e. The van der Waals surface area contributed by atoms with Crippen LogP contribution in [0.15, 0.2) is 12.3 Å². The van der Waals surface area contributed by atoms with Crippen molar-refractivity contribution in [1.29, 1.82) is 0 Å². The highest BCUT2D eigenvalue weighted by Gasteiger charge is 2.47. The molecule has 3 heterocycles. The Morgan fingerprint density at radius 3 is 2.78 bits per heavy atom. The van der Waals surface area contributed by atoms with Crippen LogP contribution < -0.4 is 5.32 Å².